The van der Waals surface area contributed by atoms with Gasteiger partial charge in [-0.15, -0.1) is 0 Å². The van der Waals surface area contributed by atoms with Crippen molar-refractivity contribution < 1.29 is 4.39 Å². The van der Waals surface area contributed by atoms with E-state index in [-0.39, 0.29) is 10.8 Å². The van der Waals surface area contributed by atoms with Gasteiger partial charge < -0.3 is 21.3 Å². The lowest BCUT2D eigenvalue weighted by Gasteiger charge is -2.54. The third-order valence-corrected chi connectivity index (χ3v) is 8.33. The third-order valence-electron chi connectivity index (χ3n) is 8.05. The van der Waals surface area contributed by atoms with Gasteiger partial charge in [-0.1, -0.05) is 24.6 Å². The summed E-state index contributed by atoms with van der Waals surface area (Å²) >= 11 is 6.12. The second-order valence-electron chi connectivity index (χ2n) is 9.70. The van der Waals surface area contributed by atoms with E-state index in [0.29, 0.717) is 16.2 Å². The van der Waals surface area contributed by atoms with Gasteiger partial charge in [0.05, 0.1) is 30.1 Å². The summed E-state index contributed by atoms with van der Waals surface area (Å²) in [6.07, 6.45) is 10.5. The predicted octanol–water partition coefficient (Wildman–Crippen LogP) is 3.71. The van der Waals surface area contributed by atoms with Crippen LogP contribution < -0.4 is 20.9 Å². The number of likely N-dealkylation sites (tertiary alicyclic amines) is 2. The Morgan fingerprint density at radius 1 is 1.21 bits per heavy atom. The molecule has 0 aliphatic carbocycles. The lowest BCUT2D eigenvalue weighted by molar-refractivity contribution is 0.0143. The van der Waals surface area contributed by atoms with Crippen molar-refractivity contribution in [2.24, 2.45) is 0 Å². The molecule has 3 aliphatic heterocycles. The summed E-state index contributed by atoms with van der Waals surface area (Å²) in [6, 6.07) is 5.14. The van der Waals surface area contributed by atoms with Crippen LogP contribution in [0.5, 0.6) is 0 Å². The first-order chi connectivity index (χ1) is 16.5. The molecule has 7 nitrogen and oxygen atoms in total. The molecule has 4 N–H and O–H groups in total. The van der Waals surface area contributed by atoms with Crippen molar-refractivity contribution in [1.29, 1.82) is 0 Å². The largest absolute Gasteiger partial charge is 0.383 e. The molecule has 2 saturated heterocycles. The summed E-state index contributed by atoms with van der Waals surface area (Å²) in [5.41, 5.74) is 8.48. The first-order valence-corrected chi connectivity index (χ1v) is 12.7. The van der Waals surface area contributed by atoms with E-state index in [0.717, 1.165) is 75.4 Å². The van der Waals surface area contributed by atoms with Gasteiger partial charge in [-0.2, -0.15) is 4.98 Å². The molecule has 5 rings (SSSR count). The highest BCUT2D eigenvalue weighted by Gasteiger charge is 2.57. The van der Waals surface area contributed by atoms with Crippen LogP contribution in [0.1, 0.15) is 49.7 Å². The molecule has 1 aromatic carbocycles. The number of nitrogens with one attached hydrogen (secondary N) is 2. The predicted molar refractivity (Wildman–Crippen MR) is 135 cm³/mol. The molecule has 0 spiro atoms. The minimum Gasteiger partial charge on any atom is -0.383 e. The Balaban J connectivity index is 1.52. The summed E-state index contributed by atoms with van der Waals surface area (Å²) in [5.74, 6) is 1.09. The molecule has 1 aromatic heterocycles. The number of hydrogen-bond donors (Lipinski definition) is 3. The van der Waals surface area contributed by atoms with Gasteiger partial charge in [-0.3, -0.25) is 0 Å². The van der Waals surface area contributed by atoms with E-state index in [1.165, 1.54) is 12.5 Å². The maximum atomic E-state index is 13.8. The minimum absolute atomic E-state index is 0.190. The first-order valence-electron chi connectivity index (χ1n) is 12.3. The van der Waals surface area contributed by atoms with E-state index in [1.54, 1.807) is 12.4 Å². The second kappa shape index (κ2) is 9.32. The SMILES string of the molecule is CCc1c(N)ncnc1[N+]1(C2(CCN3CCC3)NC=CN2)CCC(c2ccc(F)c(Cl)c2)CC1. The van der Waals surface area contributed by atoms with E-state index in [1.807, 2.05) is 18.5 Å². The molecule has 34 heavy (non-hydrogen) atoms. The van der Waals surface area contributed by atoms with E-state index in [9.17, 15) is 4.39 Å². The molecule has 182 valence electrons. The van der Waals surface area contributed by atoms with Crippen LogP contribution in [0, 0.1) is 5.82 Å². The molecule has 2 aromatic rings. The maximum Gasteiger partial charge on any atom is 0.257 e. The highest BCUT2D eigenvalue weighted by Crippen LogP contribution is 2.43. The Morgan fingerprint density at radius 3 is 2.56 bits per heavy atom. The summed E-state index contributed by atoms with van der Waals surface area (Å²) in [7, 11) is 0. The van der Waals surface area contributed by atoms with Crippen LogP contribution in [-0.4, -0.2) is 53.4 Å². The zero-order valence-corrected chi connectivity index (χ0v) is 20.5. The summed E-state index contributed by atoms with van der Waals surface area (Å²) in [6.45, 7) is 7.19. The number of nitrogen functional groups attached to an aromatic ring is 1. The van der Waals surface area contributed by atoms with Gasteiger partial charge in [0.15, 0.2) is 0 Å². The smallest absolute Gasteiger partial charge is 0.257 e. The summed E-state index contributed by atoms with van der Waals surface area (Å²) < 4.78 is 14.4. The van der Waals surface area contributed by atoms with E-state index >= 15 is 0 Å². The highest BCUT2D eigenvalue weighted by atomic mass is 35.5. The van der Waals surface area contributed by atoms with Gasteiger partial charge >= 0.3 is 0 Å². The van der Waals surface area contributed by atoms with Gasteiger partial charge in [0.2, 0.25) is 5.82 Å². The van der Waals surface area contributed by atoms with Gasteiger partial charge in [-0.05, 0) is 49.5 Å². The third kappa shape index (κ3) is 3.91. The molecule has 0 unspecified atom stereocenters. The molecular weight excluding hydrogens is 453 g/mol. The summed E-state index contributed by atoms with van der Waals surface area (Å²) in [4.78, 5) is 11.7. The van der Waals surface area contributed by atoms with Crippen LogP contribution in [-0.2, 0) is 6.42 Å². The zero-order valence-electron chi connectivity index (χ0n) is 19.7. The molecular formula is C25H34ClFN7+. The van der Waals surface area contributed by atoms with Crippen molar-refractivity contribution in [1.82, 2.24) is 30.0 Å². The Hall–Kier alpha value is -2.42. The Kier molecular flexibility index (Phi) is 6.39. The number of quaternary nitrogens is 1. The molecule has 2 fully saturated rings. The van der Waals surface area contributed by atoms with Crippen molar-refractivity contribution in [3.63, 3.8) is 0 Å². The number of nitrogens with two attached hydrogens (primary N) is 1. The Bertz CT molecular complexity index is 1060. The lowest BCUT2D eigenvalue weighted by atomic mass is 9.86. The van der Waals surface area contributed by atoms with Gasteiger partial charge in [-0.25, -0.2) is 13.9 Å². The molecule has 9 heteroatoms. The van der Waals surface area contributed by atoms with Crippen molar-refractivity contribution in [3.05, 3.63) is 58.9 Å². The van der Waals surface area contributed by atoms with E-state index in [2.05, 4.69) is 27.4 Å². The second-order valence-corrected chi connectivity index (χ2v) is 10.1. The normalized spacial score (nSPS) is 26.0. The minimum atomic E-state index is -0.411. The molecule has 3 aliphatic rings. The first kappa shape index (κ1) is 23.3. The average Bonchev–Trinajstić information content (AvgIpc) is 3.30. The van der Waals surface area contributed by atoms with Crippen molar-refractivity contribution in [2.75, 3.05) is 38.5 Å². The molecule has 0 saturated carbocycles. The van der Waals surface area contributed by atoms with Crippen LogP contribution >= 0.6 is 11.6 Å². The molecule has 0 atom stereocenters. The quantitative estimate of drug-likeness (QED) is 0.518. The van der Waals surface area contributed by atoms with Crippen molar-refractivity contribution >= 4 is 23.2 Å². The number of anilines is 1. The van der Waals surface area contributed by atoms with Crippen LogP contribution in [0.4, 0.5) is 16.0 Å². The van der Waals surface area contributed by atoms with E-state index < -0.39 is 5.79 Å². The standard InChI is InChI=1S/C25H34ClFN7/c1-2-20-23(28)29-17-30-24(20)34(25(31-9-10-32-25)8-13-33-11-3-12-33)14-6-18(7-15-34)19-4-5-22(27)21(26)16-19/h4-5,9-10,16-18,31-32H,2-3,6-8,11-15H2,1H3,(H2,28,29,30)/q+1. The number of hydrogen-bond acceptors (Lipinski definition) is 6. The molecule has 0 radical (unpaired) electrons. The number of nitrogens with zero attached hydrogens (tertiary/aromatic N) is 4. The molecule has 4 heterocycles. The van der Waals surface area contributed by atoms with E-state index in [4.69, 9.17) is 22.3 Å². The molecule has 0 bridgehead atoms. The maximum absolute atomic E-state index is 13.8. The van der Waals surface area contributed by atoms with Crippen LogP contribution in [0.2, 0.25) is 5.02 Å². The van der Waals surface area contributed by atoms with Crippen LogP contribution in [0.15, 0.2) is 36.9 Å². The number of aromatic nitrogens is 2. The lowest BCUT2D eigenvalue weighted by Crippen LogP contribution is -2.78. The van der Waals surface area contributed by atoms with Crippen LogP contribution in [0.25, 0.3) is 0 Å². The van der Waals surface area contributed by atoms with Crippen molar-refractivity contribution in [3.8, 4) is 0 Å². The number of benzene rings is 1. The monoisotopic (exact) mass is 486 g/mol. The number of rotatable bonds is 7. The fraction of sp³-hybridized carbons (Fsp3) is 0.520. The number of halogens is 2. The van der Waals surface area contributed by atoms with Gasteiger partial charge in [0.1, 0.15) is 18.0 Å². The zero-order chi connectivity index (χ0) is 23.8. The van der Waals surface area contributed by atoms with Crippen LogP contribution in [0.3, 0.4) is 0 Å². The fourth-order valence-electron chi connectivity index (χ4n) is 5.94. The fourth-order valence-corrected chi connectivity index (χ4v) is 6.13. The van der Waals surface area contributed by atoms with Crippen molar-refractivity contribution in [2.45, 2.75) is 50.7 Å². The summed E-state index contributed by atoms with van der Waals surface area (Å²) in [5, 5.41) is 7.60. The molecule has 0 amide bonds. The van der Waals surface area contributed by atoms with Gasteiger partial charge in [0.25, 0.3) is 5.79 Å². The van der Waals surface area contributed by atoms with Gasteiger partial charge in [0, 0.05) is 31.8 Å². The number of piperidine rings is 1. The Labute approximate surface area is 205 Å². The Morgan fingerprint density at radius 2 is 1.94 bits per heavy atom. The topological polar surface area (TPSA) is 79.1 Å². The highest BCUT2D eigenvalue weighted by molar-refractivity contribution is 6.30. The average molecular weight is 487 g/mol.